The number of anilines is 1. The van der Waals surface area contributed by atoms with E-state index in [4.69, 9.17) is 4.99 Å². The van der Waals surface area contributed by atoms with Crippen LogP contribution in [0.5, 0.6) is 0 Å². The molecule has 0 amide bonds. The summed E-state index contributed by atoms with van der Waals surface area (Å²) in [6.45, 7) is 6.39. The third-order valence-corrected chi connectivity index (χ3v) is 5.41. The maximum Gasteiger partial charge on any atom is 0.166 e. The van der Waals surface area contributed by atoms with E-state index < -0.39 is 0 Å². The number of halogens is 1. The molecule has 0 aliphatic carbocycles. The molecular formula is C19H19BrN2S. The van der Waals surface area contributed by atoms with Gasteiger partial charge in [0.2, 0.25) is 0 Å². The number of benzene rings is 2. The number of hydrogen-bond acceptors (Lipinski definition) is 3. The van der Waals surface area contributed by atoms with Crippen LogP contribution in [0, 0.1) is 6.92 Å². The number of thioether (sulfide) groups is 1. The van der Waals surface area contributed by atoms with Crippen molar-refractivity contribution in [2.75, 3.05) is 5.32 Å². The van der Waals surface area contributed by atoms with E-state index in [1.54, 1.807) is 11.8 Å². The van der Waals surface area contributed by atoms with Crippen LogP contribution in [0.15, 0.2) is 62.9 Å². The van der Waals surface area contributed by atoms with Gasteiger partial charge < -0.3 is 5.32 Å². The van der Waals surface area contributed by atoms with Crippen LogP contribution >= 0.6 is 27.7 Å². The standard InChI is InChI=1S/C19H19BrN2S/c1-13-4-10-16(11-5-13)21-18-22-19(2,3)17(23-18)12-14-6-8-15(20)9-7-14/h4-12H,1-3H3,(H,21,22)/b17-12-. The monoisotopic (exact) mass is 386 g/mol. The first-order valence-corrected chi connectivity index (χ1v) is 9.12. The van der Waals surface area contributed by atoms with Crippen LogP contribution in [-0.2, 0) is 0 Å². The van der Waals surface area contributed by atoms with E-state index in [0.29, 0.717) is 0 Å². The van der Waals surface area contributed by atoms with Gasteiger partial charge in [-0.05, 0) is 56.7 Å². The maximum absolute atomic E-state index is 4.82. The van der Waals surface area contributed by atoms with E-state index in [2.05, 4.69) is 96.6 Å². The van der Waals surface area contributed by atoms with Gasteiger partial charge in [-0.15, -0.1) is 0 Å². The summed E-state index contributed by atoms with van der Waals surface area (Å²) in [4.78, 5) is 6.07. The van der Waals surface area contributed by atoms with Gasteiger partial charge in [0.05, 0.1) is 5.54 Å². The number of hydrogen-bond donors (Lipinski definition) is 1. The Morgan fingerprint density at radius 3 is 2.35 bits per heavy atom. The Balaban J connectivity index is 1.78. The van der Waals surface area contributed by atoms with Crippen LogP contribution in [0.25, 0.3) is 6.08 Å². The molecule has 2 aromatic carbocycles. The summed E-state index contributed by atoms with van der Waals surface area (Å²) in [6.07, 6.45) is 2.21. The Morgan fingerprint density at radius 2 is 1.70 bits per heavy atom. The highest BCUT2D eigenvalue weighted by atomic mass is 79.9. The van der Waals surface area contributed by atoms with Crippen LogP contribution in [-0.4, -0.2) is 10.7 Å². The molecule has 4 heteroatoms. The molecule has 0 spiro atoms. The van der Waals surface area contributed by atoms with Crippen LogP contribution in [0.1, 0.15) is 25.0 Å². The smallest absolute Gasteiger partial charge is 0.166 e. The van der Waals surface area contributed by atoms with Gasteiger partial charge in [-0.25, -0.2) is 0 Å². The lowest BCUT2D eigenvalue weighted by Crippen LogP contribution is -2.14. The highest BCUT2D eigenvalue weighted by molar-refractivity contribution is 9.10. The second kappa shape index (κ2) is 6.54. The van der Waals surface area contributed by atoms with Crippen molar-refractivity contribution >= 4 is 44.6 Å². The van der Waals surface area contributed by atoms with E-state index >= 15 is 0 Å². The minimum atomic E-state index is -0.204. The van der Waals surface area contributed by atoms with Crippen LogP contribution in [0.2, 0.25) is 0 Å². The lowest BCUT2D eigenvalue weighted by atomic mass is 10.0. The van der Waals surface area contributed by atoms with Crippen LogP contribution in [0.4, 0.5) is 5.69 Å². The van der Waals surface area contributed by atoms with Gasteiger partial charge in [0.25, 0.3) is 0 Å². The molecule has 0 unspecified atom stereocenters. The Bertz CT molecular complexity index is 759. The normalized spacial score (nSPS) is 18.1. The highest BCUT2D eigenvalue weighted by Crippen LogP contribution is 2.40. The van der Waals surface area contributed by atoms with E-state index in [9.17, 15) is 0 Å². The fourth-order valence-electron chi connectivity index (χ4n) is 2.29. The number of nitrogens with one attached hydrogen (secondary N) is 1. The van der Waals surface area contributed by atoms with Gasteiger partial charge in [0.1, 0.15) is 0 Å². The molecule has 0 fully saturated rings. The third kappa shape index (κ3) is 4.06. The average Bonchev–Trinajstić information content (AvgIpc) is 2.78. The summed E-state index contributed by atoms with van der Waals surface area (Å²) in [5.74, 6) is 0. The Morgan fingerprint density at radius 1 is 1.04 bits per heavy atom. The molecule has 3 rings (SSSR count). The van der Waals surface area contributed by atoms with E-state index in [1.165, 1.54) is 16.0 Å². The van der Waals surface area contributed by atoms with Gasteiger partial charge in [0, 0.05) is 15.1 Å². The first-order valence-electron chi connectivity index (χ1n) is 7.51. The fraction of sp³-hybridized carbons (Fsp3) is 0.211. The van der Waals surface area contributed by atoms with E-state index in [1.807, 2.05) is 0 Å². The molecule has 0 bridgehead atoms. The topological polar surface area (TPSA) is 24.4 Å². The number of rotatable bonds is 2. The molecular weight excluding hydrogens is 368 g/mol. The summed E-state index contributed by atoms with van der Waals surface area (Å²) >= 11 is 5.18. The SMILES string of the molecule is Cc1ccc(NC2=NC(C)(C)/C(=C/c3ccc(Br)cc3)S2)cc1. The minimum Gasteiger partial charge on any atom is -0.335 e. The zero-order valence-corrected chi connectivity index (χ0v) is 15.8. The van der Waals surface area contributed by atoms with Crippen molar-refractivity contribution in [3.05, 3.63) is 69.0 Å². The Kier molecular flexibility index (Phi) is 4.64. The van der Waals surface area contributed by atoms with Crippen molar-refractivity contribution in [3.8, 4) is 0 Å². The summed E-state index contributed by atoms with van der Waals surface area (Å²) < 4.78 is 1.09. The molecule has 2 nitrogen and oxygen atoms in total. The third-order valence-electron chi connectivity index (χ3n) is 3.66. The van der Waals surface area contributed by atoms with Crippen molar-refractivity contribution in [2.24, 2.45) is 4.99 Å². The molecule has 1 N–H and O–H groups in total. The first kappa shape index (κ1) is 16.3. The average molecular weight is 387 g/mol. The predicted molar refractivity (Wildman–Crippen MR) is 106 cm³/mol. The maximum atomic E-state index is 4.82. The van der Waals surface area contributed by atoms with Crippen molar-refractivity contribution < 1.29 is 0 Å². The predicted octanol–water partition coefficient (Wildman–Crippen LogP) is 6.09. The summed E-state index contributed by atoms with van der Waals surface area (Å²) in [5, 5.41) is 4.36. The molecule has 23 heavy (non-hydrogen) atoms. The summed E-state index contributed by atoms with van der Waals surface area (Å²) in [5.41, 5.74) is 3.32. The molecule has 0 radical (unpaired) electrons. The van der Waals surface area contributed by atoms with E-state index in [-0.39, 0.29) is 5.54 Å². The number of nitrogens with zero attached hydrogens (tertiary/aromatic N) is 1. The molecule has 1 heterocycles. The summed E-state index contributed by atoms with van der Waals surface area (Å²) in [6, 6.07) is 16.7. The molecule has 118 valence electrons. The second-order valence-electron chi connectivity index (χ2n) is 6.13. The zero-order chi connectivity index (χ0) is 16.4. The zero-order valence-electron chi connectivity index (χ0n) is 13.4. The van der Waals surface area contributed by atoms with Crippen molar-refractivity contribution in [2.45, 2.75) is 26.3 Å². The minimum absolute atomic E-state index is 0.204. The Hall–Kier alpha value is -1.52. The van der Waals surface area contributed by atoms with Gasteiger partial charge in [0.15, 0.2) is 5.17 Å². The molecule has 1 aliphatic heterocycles. The Labute approximate surface area is 150 Å². The quantitative estimate of drug-likeness (QED) is 0.674. The van der Waals surface area contributed by atoms with Crippen LogP contribution < -0.4 is 5.32 Å². The largest absolute Gasteiger partial charge is 0.335 e. The molecule has 0 atom stereocenters. The van der Waals surface area contributed by atoms with E-state index in [0.717, 1.165) is 15.3 Å². The summed E-state index contributed by atoms with van der Waals surface area (Å²) in [7, 11) is 0. The second-order valence-corrected chi connectivity index (χ2v) is 8.08. The molecule has 0 saturated heterocycles. The first-order chi connectivity index (χ1) is 10.9. The molecule has 0 aromatic heterocycles. The molecule has 2 aromatic rings. The number of aliphatic imine (C=N–C) groups is 1. The highest BCUT2D eigenvalue weighted by Gasteiger charge is 2.31. The van der Waals surface area contributed by atoms with Crippen molar-refractivity contribution in [3.63, 3.8) is 0 Å². The van der Waals surface area contributed by atoms with Gasteiger partial charge in [-0.1, -0.05) is 57.5 Å². The molecule has 1 aliphatic rings. The molecule has 0 saturated carbocycles. The number of aryl methyl sites for hydroxylation is 1. The lowest BCUT2D eigenvalue weighted by Gasteiger charge is -2.15. The van der Waals surface area contributed by atoms with Crippen molar-refractivity contribution in [1.82, 2.24) is 0 Å². The van der Waals surface area contributed by atoms with Gasteiger partial charge >= 0.3 is 0 Å². The van der Waals surface area contributed by atoms with Crippen molar-refractivity contribution in [1.29, 1.82) is 0 Å². The van der Waals surface area contributed by atoms with Crippen LogP contribution in [0.3, 0.4) is 0 Å². The van der Waals surface area contributed by atoms with Gasteiger partial charge in [-0.2, -0.15) is 0 Å². The van der Waals surface area contributed by atoms with Gasteiger partial charge in [-0.3, -0.25) is 4.99 Å². The number of amidine groups is 1. The lowest BCUT2D eigenvalue weighted by molar-refractivity contribution is 0.659. The fourth-order valence-corrected chi connectivity index (χ4v) is 3.70.